The summed E-state index contributed by atoms with van der Waals surface area (Å²) in [7, 11) is 3.63. The summed E-state index contributed by atoms with van der Waals surface area (Å²) in [5.74, 6) is 0.122. The van der Waals surface area contributed by atoms with Crippen LogP contribution in [0.2, 0.25) is 0 Å². The van der Waals surface area contributed by atoms with E-state index in [0.717, 1.165) is 24.2 Å². The van der Waals surface area contributed by atoms with Crippen molar-refractivity contribution in [1.29, 1.82) is 0 Å². The second-order valence-electron chi connectivity index (χ2n) is 4.94. The van der Waals surface area contributed by atoms with Crippen LogP contribution in [0.5, 0.6) is 0 Å². The molecule has 0 radical (unpaired) electrons. The Morgan fingerprint density at radius 2 is 2.11 bits per heavy atom. The molecule has 0 saturated heterocycles. The predicted molar refractivity (Wildman–Crippen MR) is 74.4 cm³/mol. The van der Waals surface area contributed by atoms with Gasteiger partial charge in [-0.3, -0.25) is 4.79 Å². The zero-order valence-corrected chi connectivity index (χ0v) is 11.3. The van der Waals surface area contributed by atoms with Crippen molar-refractivity contribution in [3.8, 4) is 0 Å². The molecule has 0 spiro atoms. The molecule has 1 aromatic carbocycles. The number of ether oxygens (including phenoxy) is 1. The van der Waals surface area contributed by atoms with Gasteiger partial charge in [-0.25, -0.2) is 0 Å². The number of methoxy groups -OCH3 is 1. The minimum absolute atomic E-state index is 0.122. The predicted octanol–water partition coefficient (Wildman–Crippen LogP) is 1.82. The summed E-state index contributed by atoms with van der Waals surface area (Å²) in [5.41, 5.74) is 3.16. The zero-order valence-electron chi connectivity index (χ0n) is 11.3. The van der Waals surface area contributed by atoms with E-state index in [9.17, 15) is 4.79 Å². The lowest BCUT2D eigenvalue weighted by Gasteiger charge is -2.27. The summed E-state index contributed by atoms with van der Waals surface area (Å²) in [5, 5.41) is 1.21. The van der Waals surface area contributed by atoms with E-state index in [1.807, 2.05) is 28.6 Å². The molecular formula is C15H18N2O2. The smallest absolute Gasteiger partial charge is 0.270 e. The number of hydrogen-bond acceptors (Lipinski definition) is 2. The molecule has 1 aliphatic rings. The van der Waals surface area contributed by atoms with Crippen LogP contribution in [0.4, 0.5) is 0 Å². The minimum atomic E-state index is 0.122. The lowest BCUT2D eigenvalue weighted by molar-refractivity contribution is 0.0669. The first-order chi connectivity index (χ1) is 9.24. The van der Waals surface area contributed by atoms with Crippen molar-refractivity contribution < 1.29 is 9.53 Å². The van der Waals surface area contributed by atoms with Crippen LogP contribution in [-0.2, 0) is 18.2 Å². The third-order valence-electron chi connectivity index (χ3n) is 3.90. The number of hydrogen-bond donors (Lipinski definition) is 0. The van der Waals surface area contributed by atoms with Crippen LogP contribution in [0.3, 0.4) is 0 Å². The average molecular weight is 258 g/mol. The van der Waals surface area contributed by atoms with E-state index in [1.165, 1.54) is 10.9 Å². The lowest BCUT2D eigenvalue weighted by atomic mass is 10.0. The number of nitrogens with zero attached hydrogens (tertiary/aromatic N) is 2. The van der Waals surface area contributed by atoms with Crippen molar-refractivity contribution >= 4 is 16.8 Å². The van der Waals surface area contributed by atoms with Gasteiger partial charge >= 0.3 is 0 Å². The van der Waals surface area contributed by atoms with Gasteiger partial charge in [0.2, 0.25) is 0 Å². The highest BCUT2D eigenvalue weighted by atomic mass is 16.5. The van der Waals surface area contributed by atoms with Crippen molar-refractivity contribution in [1.82, 2.24) is 9.47 Å². The summed E-state index contributed by atoms with van der Waals surface area (Å²) in [6, 6.07) is 8.22. The number of carbonyl (C=O) groups is 1. The van der Waals surface area contributed by atoms with Crippen LogP contribution in [0, 0.1) is 0 Å². The Kier molecular flexibility index (Phi) is 3.03. The molecular weight excluding hydrogens is 240 g/mol. The standard InChI is InChI=1S/C15H18N2O2/c1-16-13-6-4-3-5-11(13)12-7-8-17(9-10-19-2)15(18)14(12)16/h3-6H,7-10H2,1-2H3. The number of carbonyl (C=O) groups excluding carboxylic acids is 1. The van der Waals surface area contributed by atoms with E-state index < -0.39 is 0 Å². The van der Waals surface area contributed by atoms with Gasteiger partial charge in [0.05, 0.1) is 6.61 Å². The maximum Gasteiger partial charge on any atom is 0.270 e. The molecule has 0 unspecified atom stereocenters. The Morgan fingerprint density at radius 1 is 1.32 bits per heavy atom. The van der Waals surface area contributed by atoms with Gasteiger partial charge in [0.25, 0.3) is 5.91 Å². The van der Waals surface area contributed by atoms with Gasteiger partial charge in [-0.2, -0.15) is 0 Å². The number of rotatable bonds is 3. The van der Waals surface area contributed by atoms with Gasteiger partial charge in [-0.15, -0.1) is 0 Å². The summed E-state index contributed by atoms with van der Waals surface area (Å²) < 4.78 is 7.09. The largest absolute Gasteiger partial charge is 0.383 e. The van der Waals surface area contributed by atoms with Crippen LogP contribution in [0.1, 0.15) is 16.1 Å². The first kappa shape index (κ1) is 12.2. The molecule has 4 nitrogen and oxygen atoms in total. The number of aromatic nitrogens is 1. The van der Waals surface area contributed by atoms with Gasteiger partial charge in [-0.05, 0) is 18.1 Å². The molecule has 2 heterocycles. The van der Waals surface area contributed by atoms with Crippen molar-refractivity contribution in [2.45, 2.75) is 6.42 Å². The molecule has 3 rings (SSSR count). The van der Waals surface area contributed by atoms with Crippen molar-refractivity contribution in [3.63, 3.8) is 0 Å². The van der Waals surface area contributed by atoms with E-state index in [0.29, 0.717) is 13.2 Å². The Balaban J connectivity index is 2.06. The van der Waals surface area contributed by atoms with E-state index in [2.05, 4.69) is 12.1 Å². The molecule has 0 atom stereocenters. The van der Waals surface area contributed by atoms with Crippen LogP contribution in [0.25, 0.3) is 10.9 Å². The maximum atomic E-state index is 12.6. The second kappa shape index (κ2) is 4.70. The molecule has 2 aromatic rings. The number of benzene rings is 1. The normalized spacial score (nSPS) is 15.1. The topological polar surface area (TPSA) is 34.5 Å². The molecule has 0 fully saturated rings. The fraction of sp³-hybridized carbons (Fsp3) is 0.400. The van der Waals surface area contributed by atoms with E-state index in [4.69, 9.17) is 4.74 Å². The molecule has 0 aliphatic carbocycles. The minimum Gasteiger partial charge on any atom is -0.383 e. The third kappa shape index (κ3) is 1.83. The van der Waals surface area contributed by atoms with Crippen LogP contribution in [0.15, 0.2) is 24.3 Å². The molecule has 0 saturated carbocycles. The summed E-state index contributed by atoms with van der Waals surface area (Å²) in [6.45, 7) is 2.03. The first-order valence-electron chi connectivity index (χ1n) is 6.58. The van der Waals surface area contributed by atoms with Crippen LogP contribution < -0.4 is 0 Å². The van der Waals surface area contributed by atoms with E-state index >= 15 is 0 Å². The van der Waals surface area contributed by atoms with Crippen LogP contribution in [-0.4, -0.2) is 42.2 Å². The first-order valence-corrected chi connectivity index (χ1v) is 6.58. The Labute approximate surface area is 112 Å². The average Bonchev–Trinajstić information content (AvgIpc) is 2.73. The Bertz CT molecular complexity index is 630. The Morgan fingerprint density at radius 3 is 2.89 bits per heavy atom. The second-order valence-corrected chi connectivity index (χ2v) is 4.94. The highest BCUT2D eigenvalue weighted by molar-refractivity contribution is 6.02. The molecule has 0 N–H and O–H groups in total. The zero-order chi connectivity index (χ0) is 13.4. The van der Waals surface area contributed by atoms with Crippen molar-refractivity contribution in [2.24, 2.45) is 7.05 Å². The number of amides is 1. The van der Waals surface area contributed by atoms with Gasteiger partial charge < -0.3 is 14.2 Å². The quantitative estimate of drug-likeness (QED) is 0.841. The molecule has 1 aromatic heterocycles. The third-order valence-corrected chi connectivity index (χ3v) is 3.90. The molecule has 0 bridgehead atoms. The SMILES string of the molecule is COCCN1CCc2c(n(C)c3ccccc23)C1=O. The number of aryl methyl sites for hydroxylation is 1. The number of para-hydroxylation sites is 1. The maximum absolute atomic E-state index is 12.6. The highest BCUT2D eigenvalue weighted by Crippen LogP contribution is 2.29. The Hall–Kier alpha value is -1.81. The fourth-order valence-electron chi connectivity index (χ4n) is 2.91. The van der Waals surface area contributed by atoms with Crippen molar-refractivity contribution in [3.05, 3.63) is 35.5 Å². The lowest BCUT2D eigenvalue weighted by Crippen LogP contribution is -2.40. The van der Waals surface area contributed by atoms with Crippen LogP contribution >= 0.6 is 0 Å². The van der Waals surface area contributed by atoms with Gasteiger partial charge in [0.15, 0.2) is 0 Å². The molecule has 100 valence electrons. The summed E-state index contributed by atoms with van der Waals surface area (Å²) in [4.78, 5) is 14.4. The molecule has 1 amide bonds. The fourth-order valence-corrected chi connectivity index (χ4v) is 2.91. The monoisotopic (exact) mass is 258 g/mol. The van der Waals surface area contributed by atoms with Crippen molar-refractivity contribution in [2.75, 3.05) is 26.8 Å². The van der Waals surface area contributed by atoms with Gasteiger partial charge in [-0.1, -0.05) is 18.2 Å². The summed E-state index contributed by atoms with van der Waals surface area (Å²) in [6.07, 6.45) is 0.923. The summed E-state index contributed by atoms with van der Waals surface area (Å²) >= 11 is 0. The van der Waals surface area contributed by atoms with Gasteiger partial charge in [0.1, 0.15) is 5.69 Å². The van der Waals surface area contributed by atoms with Gasteiger partial charge in [0, 0.05) is 38.1 Å². The molecule has 19 heavy (non-hydrogen) atoms. The van der Waals surface area contributed by atoms with E-state index in [1.54, 1.807) is 7.11 Å². The molecule has 4 heteroatoms. The molecule has 1 aliphatic heterocycles. The highest BCUT2D eigenvalue weighted by Gasteiger charge is 2.29. The number of fused-ring (bicyclic) bond motifs is 3. The van der Waals surface area contributed by atoms with E-state index in [-0.39, 0.29) is 5.91 Å².